The van der Waals surface area contributed by atoms with E-state index in [1.54, 1.807) is 0 Å². The Bertz CT molecular complexity index is 1150. The minimum Gasteiger partial charge on any atom is -0.350 e. The number of aryl methyl sites for hydroxylation is 2. The van der Waals surface area contributed by atoms with Crippen LogP contribution in [0.2, 0.25) is 0 Å². The molecule has 1 heterocycles. The first kappa shape index (κ1) is 19.6. The van der Waals surface area contributed by atoms with Crippen LogP contribution in [0.1, 0.15) is 22.3 Å². The molecule has 2 amide bonds. The number of carbonyl (C=O) groups is 2. The smallest absolute Gasteiger partial charge is 0.278 e. The molecule has 150 valence electrons. The van der Waals surface area contributed by atoms with Gasteiger partial charge >= 0.3 is 0 Å². The highest BCUT2D eigenvalue weighted by atomic mass is 19.1. The van der Waals surface area contributed by atoms with Gasteiger partial charge in [-0.3, -0.25) is 14.5 Å². The number of nitrogens with zero attached hydrogens (tertiary/aromatic N) is 1. The van der Waals surface area contributed by atoms with E-state index in [1.807, 2.05) is 62.4 Å². The van der Waals surface area contributed by atoms with Gasteiger partial charge in [0.2, 0.25) is 0 Å². The summed E-state index contributed by atoms with van der Waals surface area (Å²) < 4.78 is 13.3. The van der Waals surface area contributed by atoms with Crippen LogP contribution in [-0.2, 0) is 16.1 Å². The average molecular weight is 400 g/mol. The van der Waals surface area contributed by atoms with Crippen LogP contribution in [0.3, 0.4) is 0 Å². The van der Waals surface area contributed by atoms with Crippen molar-refractivity contribution < 1.29 is 14.0 Å². The maximum atomic E-state index is 13.3. The van der Waals surface area contributed by atoms with Crippen LogP contribution >= 0.6 is 0 Å². The number of anilines is 1. The van der Waals surface area contributed by atoms with Crippen LogP contribution in [-0.4, -0.2) is 16.7 Å². The lowest BCUT2D eigenvalue weighted by molar-refractivity contribution is -0.137. The second kappa shape index (κ2) is 7.95. The van der Waals surface area contributed by atoms with E-state index in [-0.39, 0.29) is 24.0 Å². The van der Waals surface area contributed by atoms with Gasteiger partial charge in [0.1, 0.15) is 11.5 Å². The SMILES string of the molecule is Cc1ccc(C2=C(Nc3ccc(F)cc3)C(=O)N(Cc3ccccc3)C2=O)cc1C. The Morgan fingerprint density at radius 2 is 1.53 bits per heavy atom. The van der Waals surface area contributed by atoms with Gasteiger partial charge in [-0.15, -0.1) is 0 Å². The number of amides is 2. The molecule has 0 saturated heterocycles. The van der Waals surface area contributed by atoms with Gasteiger partial charge < -0.3 is 5.32 Å². The van der Waals surface area contributed by atoms with Gasteiger partial charge in [0.05, 0.1) is 12.1 Å². The third kappa shape index (κ3) is 3.74. The van der Waals surface area contributed by atoms with Crippen molar-refractivity contribution in [2.75, 3.05) is 5.32 Å². The number of carbonyl (C=O) groups excluding carboxylic acids is 2. The van der Waals surface area contributed by atoms with Crippen LogP contribution in [0.15, 0.2) is 78.5 Å². The van der Waals surface area contributed by atoms with Gasteiger partial charge in [0, 0.05) is 5.69 Å². The van der Waals surface area contributed by atoms with E-state index in [2.05, 4.69) is 5.32 Å². The molecule has 30 heavy (non-hydrogen) atoms. The van der Waals surface area contributed by atoms with Crippen LogP contribution in [0.5, 0.6) is 0 Å². The fourth-order valence-electron chi connectivity index (χ4n) is 3.44. The van der Waals surface area contributed by atoms with Gasteiger partial charge in [0.15, 0.2) is 0 Å². The number of nitrogens with one attached hydrogen (secondary N) is 1. The second-order valence-electron chi connectivity index (χ2n) is 7.36. The normalized spacial score (nSPS) is 13.9. The van der Waals surface area contributed by atoms with Gasteiger partial charge in [-0.05, 0) is 60.4 Å². The molecule has 4 rings (SSSR count). The predicted molar refractivity (Wildman–Crippen MR) is 115 cm³/mol. The van der Waals surface area contributed by atoms with Crippen molar-refractivity contribution in [2.45, 2.75) is 20.4 Å². The summed E-state index contributed by atoms with van der Waals surface area (Å²) in [5.74, 6) is -1.12. The van der Waals surface area contributed by atoms with Crippen molar-refractivity contribution in [3.05, 3.63) is 107 Å². The first-order chi connectivity index (χ1) is 14.4. The molecule has 0 saturated carbocycles. The summed E-state index contributed by atoms with van der Waals surface area (Å²) >= 11 is 0. The summed E-state index contributed by atoms with van der Waals surface area (Å²) in [6.07, 6.45) is 0. The van der Waals surface area contributed by atoms with Crippen molar-refractivity contribution in [3.8, 4) is 0 Å². The summed E-state index contributed by atoms with van der Waals surface area (Å²) in [7, 11) is 0. The van der Waals surface area contributed by atoms with Gasteiger partial charge in [0.25, 0.3) is 11.8 Å². The second-order valence-corrected chi connectivity index (χ2v) is 7.36. The standard InChI is InChI=1S/C25H21FN2O2/c1-16-8-9-19(14-17(16)2)22-23(27-21-12-10-20(26)11-13-21)25(30)28(24(22)29)15-18-6-4-3-5-7-18/h3-14,27H,15H2,1-2H3. The van der Waals surface area contributed by atoms with Crippen molar-refractivity contribution in [1.29, 1.82) is 0 Å². The molecular weight excluding hydrogens is 379 g/mol. The predicted octanol–water partition coefficient (Wildman–Crippen LogP) is 4.83. The monoisotopic (exact) mass is 400 g/mol. The lowest BCUT2D eigenvalue weighted by Crippen LogP contribution is -2.32. The highest BCUT2D eigenvalue weighted by Crippen LogP contribution is 2.32. The Hall–Kier alpha value is -3.73. The third-order valence-corrected chi connectivity index (χ3v) is 5.26. The number of hydrogen-bond acceptors (Lipinski definition) is 3. The van der Waals surface area contributed by atoms with Crippen LogP contribution < -0.4 is 5.32 Å². The van der Waals surface area contributed by atoms with Gasteiger partial charge in [-0.25, -0.2) is 4.39 Å². The minimum atomic E-state index is -0.401. The Labute approximate surface area is 174 Å². The van der Waals surface area contributed by atoms with E-state index in [9.17, 15) is 14.0 Å². The molecule has 4 nitrogen and oxygen atoms in total. The Morgan fingerprint density at radius 3 is 2.20 bits per heavy atom. The molecule has 0 aromatic heterocycles. The highest BCUT2D eigenvalue weighted by Gasteiger charge is 2.39. The molecule has 5 heteroatoms. The van der Waals surface area contributed by atoms with Crippen molar-refractivity contribution in [2.24, 2.45) is 0 Å². The van der Waals surface area contributed by atoms with Crippen molar-refractivity contribution >= 4 is 23.1 Å². The molecule has 0 aliphatic carbocycles. The zero-order valence-electron chi connectivity index (χ0n) is 16.8. The lowest BCUT2D eigenvalue weighted by atomic mass is 9.99. The first-order valence-electron chi connectivity index (χ1n) is 9.68. The highest BCUT2D eigenvalue weighted by molar-refractivity contribution is 6.36. The van der Waals surface area contributed by atoms with E-state index in [4.69, 9.17) is 0 Å². The fraction of sp³-hybridized carbons (Fsp3) is 0.120. The van der Waals surface area contributed by atoms with Crippen LogP contribution in [0, 0.1) is 19.7 Å². The third-order valence-electron chi connectivity index (χ3n) is 5.26. The maximum Gasteiger partial charge on any atom is 0.278 e. The Balaban J connectivity index is 1.76. The van der Waals surface area contributed by atoms with E-state index in [0.29, 0.717) is 16.8 Å². The van der Waals surface area contributed by atoms with Crippen molar-refractivity contribution in [3.63, 3.8) is 0 Å². The van der Waals surface area contributed by atoms with Gasteiger partial charge in [-0.1, -0.05) is 48.5 Å². The molecule has 1 aliphatic heterocycles. The summed E-state index contributed by atoms with van der Waals surface area (Å²) in [5, 5.41) is 3.05. The Morgan fingerprint density at radius 1 is 0.833 bits per heavy atom. The molecule has 0 bridgehead atoms. The minimum absolute atomic E-state index is 0.182. The lowest BCUT2D eigenvalue weighted by Gasteiger charge is -2.15. The summed E-state index contributed by atoms with van der Waals surface area (Å²) in [6, 6.07) is 20.8. The largest absolute Gasteiger partial charge is 0.350 e. The molecule has 0 spiro atoms. The zero-order valence-corrected chi connectivity index (χ0v) is 16.8. The van der Waals surface area contributed by atoms with E-state index >= 15 is 0 Å². The molecular formula is C25H21FN2O2. The molecule has 1 N–H and O–H groups in total. The summed E-state index contributed by atoms with van der Waals surface area (Å²) in [4.78, 5) is 27.8. The van der Waals surface area contributed by atoms with Crippen LogP contribution in [0.25, 0.3) is 5.57 Å². The molecule has 3 aromatic rings. The van der Waals surface area contributed by atoms with Gasteiger partial charge in [-0.2, -0.15) is 0 Å². The number of halogens is 1. The summed E-state index contributed by atoms with van der Waals surface area (Å²) in [6.45, 7) is 4.14. The molecule has 0 unspecified atom stereocenters. The fourth-order valence-corrected chi connectivity index (χ4v) is 3.44. The van der Waals surface area contributed by atoms with E-state index in [1.165, 1.54) is 29.2 Å². The molecule has 0 atom stereocenters. The van der Waals surface area contributed by atoms with Crippen molar-refractivity contribution in [1.82, 2.24) is 4.90 Å². The quantitative estimate of drug-likeness (QED) is 0.624. The topological polar surface area (TPSA) is 49.4 Å². The molecule has 0 fully saturated rings. The summed E-state index contributed by atoms with van der Waals surface area (Å²) in [5.41, 5.74) is 4.73. The molecule has 0 radical (unpaired) electrons. The number of imide groups is 1. The maximum absolute atomic E-state index is 13.3. The zero-order chi connectivity index (χ0) is 21.3. The molecule has 3 aromatic carbocycles. The van der Waals surface area contributed by atoms with Crippen LogP contribution in [0.4, 0.5) is 10.1 Å². The average Bonchev–Trinajstić information content (AvgIpc) is 2.97. The number of rotatable bonds is 5. The molecule has 1 aliphatic rings. The number of benzene rings is 3. The Kier molecular flexibility index (Phi) is 5.19. The van der Waals surface area contributed by atoms with E-state index < -0.39 is 5.91 Å². The number of hydrogen-bond donors (Lipinski definition) is 1. The first-order valence-corrected chi connectivity index (χ1v) is 9.68. The van der Waals surface area contributed by atoms with E-state index in [0.717, 1.165) is 16.7 Å².